The van der Waals surface area contributed by atoms with Gasteiger partial charge in [-0.05, 0) is 37.5 Å². The molecule has 1 heterocycles. The van der Waals surface area contributed by atoms with Gasteiger partial charge in [-0.25, -0.2) is 4.98 Å². The molecule has 0 saturated heterocycles. The monoisotopic (exact) mass is 326 g/mol. The van der Waals surface area contributed by atoms with Gasteiger partial charge in [-0.3, -0.25) is 0 Å². The van der Waals surface area contributed by atoms with Gasteiger partial charge >= 0.3 is 0 Å². The molecule has 20 heavy (non-hydrogen) atoms. The molecule has 2 aromatic rings. The Morgan fingerprint density at radius 2 is 1.95 bits per heavy atom. The third-order valence-corrected chi connectivity index (χ3v) is 4.93. The van der Waals surface area contributed by atoms with Crippen LogP contribution < -0.4 is 5.32 Å². The summed E-state index contributed by atoms with van der Waals surface area (Å²) < 4.78 is 0. The predicted molar refractivity (Wildman–Crippen MR) is 86.8 cm³/mol. The second-order valence-electron chi connectivity index (χ2n) is 5.06. The van der Waals surface area contributed by atoms with Crippen molar-refractivity contribution in [3.8, 4) is 10.6 Å². The number of hydrogen-bond acceptors (Lipinski definition) is 3. The summed E-state index contributed by atoms with van der Waals surface area (Å²) >= 11 is 13.9. The van der Waals surface area contributed by atoms with E-state index in [0.29, 0.717) is 16.1 Å². The normalized spacial score (nSPS) is 14.8. The average Bonchev–Trinajstić information content (AvgIpc) is 3.14. The number of hydrogen-bond donors (Lipinski definition) is 1. The van der Waals surface area contributed by atoms with E-state index in [4.69, 9.17) is 28.2 Å². The minimum Gasteiger partial charge on any atom is -0.309 e. The molecule has 1 fully saturated rings. The van der Waals surface area contributed by atoms with Crippen molar-refractivity contribution in [2.45, 2.75) is 38.8 Å². The Balaban J connectivity index is 1.88. The van der Waals surface area contributed by atoms with Gasteiger partial charge in [0.2, 0.25) is 0 Å². The fourth-order valence-electron chi connectivity index (χ4n) is 2.12. The first-order valence-corrected chi connectivity index (χ1v) is 8.41. The average molecular weight is 327 g/mol. The summed E-state index contributed by atoms with van der Waals surface area (Å²) in [5, 5.41) is 5.85. The van der Waals surface area contributed by atoms with Gasteiger partial charge in [-0.2, -0.15) is 0 Å². The SMILES string of the molecule is CCc1nc(-c2cc(Cl)cc(Cl)c2)sc1CNC1CC1. The molecular formula is C15H16Cl2N2S. The zero-order valence-electron chi connectivity index (χ0n) is 11.2. The maximum atomic E-state index is 6.07. The fraction of sp³-hybridized carbons (Fsp3) is 0.400. The topological polar surface area (TPSA) is 24.9 Å². The van der Waals surface area contributed by atoms with E-state index < -0.39 is 0 Å². The van der Waals surface area contributed by atoms with E-state index in [1.807, 2.05) is 12.1 Å². The Bertz CT molecular complexity index is 600. The lowest BCUT2D eigenvalue weighted by Gasteiger charge is -2.00. The van der Waals surface area contributed by atoms with E-state index in [0.717, 1.165) is 23.5 Å². The number of aromatic nitrogens is 1. The highest BCUT2D eigenvalue weighted by Gasteiger charge is 2.21. The van der Waals surface area contributed by atoms with Gasteiger partial charge < -0.3 is 5.32 Å². The second-order valence-corrected chi connectivity index (χ2v) is 7.01. The van der Waals surface area contributed by atoms with Crippen LogP contribution in [0.3, 0.4) is 0 Å². The zero-order valence-corrected chi connectivity index (χ0v) is 13.6. The Morgan fingerprint density at radius 1 is 1.25 bits per heavy atom. The lowest BCUT2D eigenvalue weighted by Crippen LogP contribution is -2.15. The lowest BCUT2D eigenvalue weighted by atomic mass is 10.2. The maximum absolute atomic E-state index is 6.07. The third kappa shape index (κ3) is 3.34. The standard InChI is InChI=1S/C15H16Cl2N2S/c1-2-13-14(8-18-12-3-4-12)20-15(19-13)9-5-10(16)7-11(17)6-9/h5-7,12,18H,2-4,8H2,1H3. The first-order valence-electron chi connectivity index (χ1n) is 6.84. The fourth-order valence-corrected chi connectivity index (χ4v) is 3.74. The van der Waals surface area contributed by atoms with E-state index in [9.17, 15) is 0 Å². The number of aryl methyl sites for hydroxylation is 1. The largest absolute Gasteiger partial charge is 0.309 e. The van der Waals surface area contributed by atoms with Gasteiger partial charge in [0.25, 0.3) is 0 Å². The molecule has 5 heteroatoms. The van der Waals surface area contributed by atoms with Crippen molar-refractivity contribution in [1.29, 1.82) is 0 Å². The number of benzene rings is 1. The number of nitrogens with zero attached hydrogens (tertiary/aromatic N) is 1. The van der Waals surface area contributed by atoms with Crippen LogP contribution in [-0.2, 0) is 13.0 Å². The summed E-state index contributed by atoms with van der Waals surface area (Å²) in [4.78, 5) is 6.07. The highest BCUT2D eigenvalue weighted by Crippen LogP contribution is 2.32. The van der Waals surface area contributed by atoms with Gasteiger partial charge in [-0.15, -0.1) is 11.3 Å². The van der Waals surface area contributed by atoms with Crippen LogP contribution in [-0.4, -0.2) is 11.0 Å². The molecule has 0 amide bonds. The Labute approximate surface area is 133 Å². The van der Waals surface area contributed by atoms with Crippen LogP contribution in [0.2, 0.25) is 10.0 Å². The Morgan fingerprint density at radius 3 is 2.55 bits per heavy atom. The number of thiazole rings is 1. The van der Waals surface area contributed by atoms with Crippen LogP contribution >= 0.6 is 34.5 Å². The van der Waals surface area contributed by atoms with Gasteiger partial charge in [0.1, 0.15) is 5.01 Å². The van der Waals surface area contributed by atoms with E-state index in [1.165, 1.54) is 23.4 Å². The van der Waals surface area contributed by atoms with Crippen molar-refractivity contribution < 1.29 is 0 Å². The molecule has 0 atom stereocenters. The molecular weight excluding hydrogens is 311 g/mol. The maximum Gasteiger partial charge on any atom is 0.124 e. The molecule has 0 unspecified atom stereocenters. The Hall–Kier alpha value is -0.610. The van der Waals surface area contributed by atoms with Crippen molar-refractivity contribution in [3.63, 3.8) is 0 Å². The van der Waals surface area contributed by atoms with Crippen molar-refractivity contribution >= 4 is 34.5 Å². The van der Waals surface area contributed by atoms with Crippen LogP contribution in [0.25, 0.3) is 10.6 Å². The summed E-state index contributed by atoms with van der Waals surface area (Å²) in [6.45, 7) is 3.06. The zero-order chi connectivity index (χ0) is 14.1. The van der Waals surface area contributed by atoms with Gasteiger partial charge in [0, 0.05) is 33.1 Å². The van der Waals surface area contributed by atoms with Gasteiger partial charge in [0.05, 0.1) is 5.69 Å². The third-order valence-electron chi connectivity index (χ3n) is 3.35. The summed E-state index contributed by atoms with van der Waals surface area (Å²) in [6, 6.07) is 6.30. The minimum absolute atomic E-state index is 0.651. The second kappa shape index (κ2) is 6.02. The van der Waals surface area contributed by atoms with Crippen molar-refractivity contribution in [1.82, 2.24) is 10.3 Å². The molecule has 1 aliphatic carbocycles. The van der Waals surface area contributed by atoms with Crippen LogP contribution in [0.1, 0.15) is 30.3 Å². The van der Waals surface area contributed by atoms with Crippen LogP contribution in [0.5, 0.6) is 0 Å². The van der Waals surface area contributed by atoms with Crippen LogP contribution in [0, 0.1) is 0 Å². The number of rotatable bonds is 5. The molecule has 1 aromatic carbocycles. The van der Waals surface area contributed by atoms with Crippen molar-refractivity contribution in [3.05, 3.63) is 38.8 Å². The quantitative estimate of drug-likeness (QED) is 0.842. The molecule has 0 bridgehead atoms. The molecule has 1 N–H and O–H groups in total. The highest BCUT2D eigenvalue weighted by atomic mass is 35.5. The first-order chi connectivity index (χ1) is 9.65. The first kappa shape index (κ1) is 14.3. The molecule has 0 aliphatic heterocycles. The smallest absolute Gasteiger partial charge is 0.124 e. The molecule has 0 spiro atoms. The number of nitrogens with one attached hydrogen (secondary N) is 1. The lowest BCUT2D eigenvalue weighted by molar-refractivity contribution is 0.689. The number of halogens is 2. The highest BCUT2D eigenvalue weighted by molar-refractivity contribution is 7.15. The molecule has 106 valence electrons. The van der Waals surface area contributed by atoms with Crippen LogP contribution in [0.15, 0.2) is 18.2 Å². The van der Waals surface area contributed by atoms with E-state index in [-0.39, 0.29) is 0 Å². The van der Waals surface area contributed by atoms with Crippen LogP contribution in [0.4, 0.5) is 0 Å². The minimum atomic E-state index is 0.651. The molecule has 0 radical (unpaired) electrons. The molecule has 1 saturated carbocycles. The van der Waals surface area contributed by atoms with Gasteiger partial charge in [-0.1, -0.05) is 30.1 Å². The van der Waals surface area contributed by atoms with E-state index in [1.54, 1.807) is 17.4 Å². The van der Waals surface area contributed by atoms with E-state index >= 15 is 0 Å². The summed E-state index contributed by atoms with van der Waals surface area (Å²) in [6.07, 6.45) is 3.56. The summed E-state index contributed by atoms with van der Waals surface area (Å²) in [5.41, 5.74) is 2.18. The Kier molecular flexibility index (Phi) is 4.32. The summed E-state index contributed by atoms with van der Waals surface area (Å²) in [5.74, 6) is 0. The van der Waals surface area contributed by atoms with Crippen molar-refractivity contribution in [2.75, 3.05) is 0 Å². The van der Waals surface area contributed by atoms with Gasteiger partial charge in [0.15, 0.2) is 0 Å². The molecule has 2 nitrogen and oxygen atoms in total. The molecule has 1 aromatic heterocycles. The predicted octanol–water partition coefficient (Wildman–Crippen LogP) is 4.93. The molecule has 3 rings (SSSR count). The summed E-state index contributed by atoms with van der Waals surface area (Å²) in [7, 11) is 0. The van der Waals surface area contributed by atoms with E-state index in [2.05, 4.69) is 12.2 Å². The molecule has 1 aliphatic rings. The van der Waals surface area contributed by atoms with Crippen molar-refractivity contribution in [2.24, 2.45) is 0 Å².